The predicted octanol–water partition coefficient (Wildman–Crippen LogP) is 3.60. The molecule has 0 spiro atoms. The molecule has 1 aromatic carbocycles. The molecule has 0 radical (unpaired) electrons. The summed E-state index contributed by atoms with van der Waals surface area (Å²) in [6, 6.07) is 6.68. The molecule has 152 valence electrons. The molecule has 1 fully saturated rings. The molecule has 2 rings (SSSR count). The molecular weight excluding hydrogens is 372 g/mol. The normalized spacial score (nSPS) is 17.0. The number of rotatable bonds is 8. The zero-order chi connectivity index (χ0) is 19.7. The van der Waals surface area contributed by atoms with Gasteiger partial charge < -0.3 is 19.7 Å². The van der Waals surface area contributed by atoms with E-state index in [1.165, 1.54) is 0 Å². The minimum atomic E-state index is -2.81. The van der Waals surface area contributed by atoms with Crippen molar-refractivity contribution < 1.29 is 18.3 Å². The van der Waals surface area contributed by atoms with Gasteiger partial charge in [-0.05, 0) is 36.3 Å². The number of thioether (sulfide) groups is 1. The molecule has 0 amide bonds. The topological polar surface area (TPSA) is 46.1 Å². The summed E-state index contributed by atoms with van der Waals surface area (Å²) >= 11 is 1.98. The van der Waals surface area contributed by atoms with E-state index in [0.717, 1.165) is 49.9 Å². The van der Waals surface area contributed by atoms with Crippen molar-refractivity contribution in [2.45, 2.75) is 37.7 Å². The average Bonchev–Trinajstić information content (AvgIpc) is 2.64. The molecule has 0 bridgehead atoms. The Morgan fingerprint density at radius 2 is 2.00 bits per heavy atom. The fourth-order valence-corrected chi connectivity index (χ4v) is 4.41. The van der Waals surface area contributed by atoms with Gasteiger partial charge in [0, 0.05) is 45.1 Å². The summed E-state index contributed by atoms with van der Waals surface area (Å²) in [4.78, 5) is 6.40. The maximum absolute atomic E-state index is 12.2. The summed E-state index contributed by atoms with van der Waals surface area (Å²) in [5, 5.41) is 3.50. The summed E-state index contributed by atoms with van der Waals surface area (Å²) in [5.74, 6) is 2.05. The maximum Gasteiger partial charge on any atom is 0.387 e. The number of aliphatic imine (C=N–C) groups is 1. The fourth-order valence-electron chi connectivity index (χ4n) is 3.17. The van der Waals surface area contributed by atoms with Gasteiger partial charge in [0.2, 0.25) is 0 Å². The van der Waals surface area contributed by atoms with E-state index in [-0.39, 0.29) is 10.5 Å². The molecule has 1 saturated heterocycles. The van der Waals surface area contributed by atoms with Gasteiger partial charge in [0.25, 0.3) is 0 Å². The van der Waals surface area contributed by atoms with Crippen molar-refractivity contribution in [1.82, 2.24) is 10.2 Å². The third kappa shape index (κ3) is 6.84. The van der Waals surface area contributed by atoms with Crippen molar-refractivity contribution >= 4 is 17.7 Å². The van der Waals surface area contributed by atoms with E-state index in [9.17, 15) is 8.78 Å². The van der Waals surface area contributed by atoms with Gasteiger partial charge in [-0.25, -0.2) is 0 Å². The predicted molar refractivity (Wildman–Crippen MR) is 107 cm³/mol. The highest BCUT2D eigenvalue weighted by atomic mass is 32.2. The van der Waals surface area contributed by atoms with Crippen LogP contribution in [0.25, 0.3) is 0 Å². The van der Waals surface area contributed by atoms with Crippen LogP contribution in [-0.2, 0) is 11.3 Å². The first kappa shape index (κ1) is 21.8. The lowest BCUT2D eigenvalue weighted by Crippen LogP contribution is -2.48. The van der Waals surface area contributed by atoms with Crippen LogP contribution in [0.15, 0.2) is 29.3 Å². The van der Waals surface area contributed by atoms with Crippen molar-refractivity contribution in [1.29, 1.82) is 0 Å². The van der Waals surface area contributed by atoms with E-state index in [2.05, 4.69) is 22.0 Å². The Kier molecular flexibility index (Phi) is 8.63. The van der Waals surface area contributed by atoms with Gasteiger partial charge in [-0.1, -0.05) is 19.1 Å². The fraction of sp³-hybridized carbons (Fsp3) is 0.632. The van der Waals surface area contributed by atoms with Crippen molar-refractivity contribution in [3.63, 3.8) is 0 Å². The van der Waals surface area contributed by atoms with Gasteiger partial charge in [0.05, 0.1) is 0 Å². The summed E-state index contributed by atoms with van der Waals surface area (Å²) in [6.45, 7) is 2.44. The number of hydrogen-bond acceptors (Lipinski definition) is 4. The Balaban J connectivity index is 1.92. The molecule has 1 aromatic rings. The van der Waals surface area contributed by atoms with Crippen LogP contribution in [-0.4, -0.2) is 61.8 Å². The summed E-state index contributed by atoms with van der Waals surface area (Å²) in [7, 11) is 3.73. The third-order valence-electron chi connectivity index (χ3n) is 4.56. The number of nitrogens with one attached hydrogen (secondary N) is 1. The van der Waals surface area contributed by atoms with Crippen molar-refractivity contribution in [2.24, 2.45) is 4.99 Å². The average molecular weight is 402 g/mol. The van der Waals surface area contributed by atoms with E-state index in [1.54, 1.807) is 31.3 Å². The van der Waals surface area contributed by atoms with Crippen LogP contribution in [0.4, 0.5) is 8.78 Å². The number of nitrogens with zero attached hydrogens (tertiary/aromatic N) is 2. The smallest absolute Gasteiger partial charge is 0.387 e. The van der Waals surface area contributed by atoms with Crippen molar-refractivity contribution in [3.8, 4) is 5.75 Å². The van der Waals surface area contributed by atoms with E-state index in [1.807, 2.05) is 23.7 Å². The zero-order valence-corrected chi connectivity index (χ0v) is 17.0. The Bertz CT molecular complexity index is 588. The van der Waals surface area contributed by atoms with Gasteiger partial charge in [0.15, 0.2) is 5.96 Å². The van der Waals surface area contributed by atoms with E-state index < -0.39 is 6.61 Å². The van der Waals surface area contributed by atoms with Gasteiger partial charge in [-0.15, -0.1) is 0 Å². The zero-order valence-electron chi connectivity index (χ0n) is 16.2. The molecular formula is C19H29F2N3O2S. The Hall–Kier alpha value is -1.54. The van der Waals surface area contributed by atoms with Crippen LogP contribution < -0.4 is 10.1 Å². The second-order valence-electron chi connectivity index (χ2n) is 6.51. The molecule has 1 N–H and O–H groups in total. The van der Waals surface area contributed by atoms with Crippen LogP contribution in [0.3, 0.4) is 0 Å². The molecule has 27 heavy (non-hydrogen) atoms. The molecule has 1 aliphatic heterocycles. The monoisotopic (exact) mass is 401 g/mol. The first-order valence-corrected chi connectivity index (χ1v) is 10.1. The van der Waals surface area contributed by atoms with Crippen molar-refractivity contribution in [3.05, 3.63) is 29.8 Å². The molecule has 5 nitrogen and oxygen atoms in total. The molecule has 0 unspecified atom stereocenters. The third-order valence-corrected chi connectivity index (χ3v) is 6.02. The van der Waals surface area contributed by atoms with E-state index in [4.69, 9.17) is 4.74 Å². The lowest BCUT2D eigenvalue weighted by atomic mass is 9.99. The molecule has 8 heteroatoms. The minimum absolute atomic E-state index is 0.164. The molecule has 0 aliphatic carbocycles. The summed E-state index contributed by atoms with van der Waals surface area (Å²) < 4.78 is 34.6. The van der Waals surface area contributed by atoms with E-state index >= 15 is 0 Å². The molecule has 1 heterocycles. The first-order chi connectivity index (χ1) is 13.0. The number of ether oxygens (including phenoxy) is 2. The SMILES string of the molecule is CCSC1(CNC(=NC)N(C)Cc2ccc(OC(F)F)cc2)CCOCC1. The Morgan fingerprint density at radius 3 is 2.56 bits per heavy atom. The van der Waals surface area contributed by atoms with Gasteiger partial charge in [-0.2, -0.15) is 20.5 Å². The lowest BCUT2D eigenvalue weighted by Gasteiger charge is -2.37. The molecule has 0 atom stereocenters. The molecule has 0 aromatic heterocycles. The lowest BCUT2D eigenvalue weighted by molar-refractivity contribution is -0.0498. The van der Waals surface area contributed by atoms with Gasteiger partial charge >= 0.3 is 6.61 Å². The minimum Gasteiger partial charge on any atom is -0.435 e. The van der Waals surface area contributed by atoms with E-state index in [0.29, 0.717) is 6.54 Å². The number of hydrogen-bond donors (Lipinski definition) is 1. The first-order valence-electron chi connectivity index (χ1n) is 9.15. The summed E-state index contributed by atoms with van der Waals surface area (Å²) in [5.41, 5.74) is 0.991. The van der Waals surface area contributed by atoms with Gasteiger partial charge in [-0.3, -0.25) is 4.99 Å². The quantitative estimate of drug-likeness (QED) is 0.533. The summed E-state index contributed by atoms with van der Waals surface area (Å²) in [6.07, 6.45) is 2.07. The Labute approximate surface area is 164 Å². The van der Waals surface area contributed by atoms with Gasteiger partial charge in [0.1, 0.15) is 5.75 Å². The standard InChI is InChI=1S/C19H29F2N3O2S/c1-4-27-19(9-11-25-12-10-19)14-23-18(22-2)24(3)13-15-5-7-16(8-6-15)26-17(20)21/h5-8,17H,4,9-14H2,1-3H3,(H,22,23). The largest absolute Gasteiger partial charge is 0.435 e. The number of alkyl halides is 2. The maximum atomic E-state index is 12.2. The highest BCUT2D eigenvalue weighted by molar-refractivity contribution is 8.00. The van der Waals surface area contributed by atoms with Crippen LogP contribution >= 0.6 is 11.8 Å². The second-order valence-corrected chi connectivity index (χ2v) is 8.24. The van der Waals surface area contributed by atoms with Crippen LogP contribution in [0.1, 0.15) is 25.3 Å². The van der Waals surface area contributed by atoms with Crippen LogP contribution in [0.2, 0.25) is 0 Å². The Morgan fingerprint density at radius 1 is 1.33 bits per heavy atom. The second kappa shape index (κ2) is 10.7. The van der Waals surface area contributed by atoms with Crippen LogP contribution in [0.5, 0.6) is 5.75 Å². The number of halogens is 2. The number of benzene rings is 1. The highest BCUT2D eigenvalue weighted by Gasteiger charge is 2.33. The molecule has 1 aliphatic rings. The van der Waals surface area contributed by atoms with Crippen molar-refractivity contribution in [2.75, 3.05) is 39.6 Å². The highest BCUT2D eigenvalue weighted by Crippen LogP contribution is 2.34. The molecule has 0 saturated carbocycles. The number of guanidine groups is 1. The van der Waals surface area contributed by atoms with Crippen LogP contribution in [0, 0.1) is 0 Å².